The van der Waals surface area contributed by atoms with Gasteiger partial charge in [-0.05, 0) is 42.3 Å². The molecule has 26 heavy (non-hydrogen) atoms. The first kappa shape index (κ1) is 19.2. The number of carbonyl (C=O) groups is 1. The van der Waals surface area contributed by atoms with E-state index in [0.717, 1.165) is 11.1 Å². The lowest BCUT2D eigenvalue weighted by molar-refractivity contribution is -0.112. The van der Waals surface area contributed by atoms with Crippen LogP contribution in [0.4, 0.5) is 5.69 Å². The third kappa shape index (κ3) is 5.44. The molecule has 0 saturated heterocycles. The predicted octanol–water partition coefficient (Wildman–Crippen LogP) is 1.78. The van der Waals surface area contributed by atoms with Gasteiger partial charge in [0.25, 0.3) is 5.91 Å². The number of sulfonamides is 1. The summed E-state index contributed by atoms with van der Waals surface area (Å²) in [6, 6.07) is 15.1. The third-order valence-corrected chi connectivity index (χ3v) is 4.37. The number of nitrogens with zero attached hydrogens (tertiary/aromatic N) is 1. The largest absolute Gasteiger partial charge is 0.386 e. The number of carbonyl (C=O) groups excluding carboxylic acids is 1. The highest BCUT2D eigenvalue weighted by Gasteiger charge is 2.09. The highest BCUT2D eigenvalue weighted by atomic mass is 32.2. The van der Waals surface area contributed by atoms with Crippen molar-refractivity contribution in [3.8, 4) is 6.07 Å². The molecule has 0 aliphatic heterocycles. The molecule has 0 unspecified atom stereocenters. The zero-order valence-corrected chi connectivity index (χ0v) is 14.9. The van der Waals surface area contributed by atoms with Gasteiger partial charge < -0.3 is 10.6 Å². The number of nitrogens with two attached hydrogens (primary N) is 1. The Morgan fingerprint density at radius 1 is 1.23 bits per heavy atom. The number of aryl methyl sites for hydroxylation is 1. The number of anilines is 1. The minimum atomic E-state index is -3.73. The maximum atomic E-state index is 12.1. The molecule has 2 aromatic rings. The van der Waals surface area contributed by atoms with Crippen LogP contribution in [0.2, 0.25) is 0 Å². The SMILES string of the molecule is Cc1cccc(NC(=O)/C(C#N)=C\NCc2ccc(S(N)(=O)=O)cc2)c1. The van der Waals surface area contributed by atoms with Crippen molar-refractivity contribution in [2.45, 2.75) is 18.4 Å². The molecule has 7 nitrogen and oxygen atoms in total. The molecule has 2 rings (SSSR count). The second-order valence-electron chi connectivity index (χ2n) is 5.56. The van der Waals surface area contributed by atoms with Crippen LogP contribution in [0.3, 0.4) is 0 Å². The lowest BCUT2D eigenvalue weighted by Crippen LogP contribution is -2.16. The quantitative estimate of drug-likeness (QED) is 0.528. The summed E-state index contributed by atoms with van der Waals surface area (Å²) in [4.78, 5) is 12.2. The van der Waals surface area contributed by atoms with Crippen LogP contribution in [0.15, 0.2) is 65.2 Å². The highest BCUT2D eigenvalue weighted by Crippen LogP contribution is 2.11. The first-order valence-electron chi connectivity index (χ1n) is 7.63. The Labute approximate surface area is 152 Å². The minimum absolute atomic E-state index is 0.0204. The summed E-state index contributed by atoms with van der Waals surface area (Å²) < 4.78 is 22.4. The second kappa shape index (κ2) is 8.29. The molecule has 2 aromatic carbocycles. The molecule has 0 atom stereocenters. The number of nitrogens with one attached hydrogen (secondary N) is 2. The molecule has 0 radical (unpaired) electrons. The Hall–Kier alpha value is -3.15. The average molecular weight is 370 g/mol. The Bertz CT molecular complexity index is 974. The van der Waals surface area contributed by atoms with Crippen molar-refractivity contribution in [1.82, 2.24) is 5.32 Å². The van der Waals surface area contributed by atoms with Crippen molar-refractivity contribution < 1.29 is 13.2 Å². The van der Waals surface area contributed by atoms with Crippen molar-refractivity contribution in [3.05, 3.63) is 71.4 Å². The fourth-order valence-electron chi connectivity index (χ4n) is 2.14. The van der Waals surface area contributed by atoms with Gasteiger partial charge in [-0.3, -0.25) is 4.79 Å². The topological polar surface area (TPSA) is 125 Å². The van der Waals surface area contributed by atoms with E-state index in [1.165, 1.54) is 18.3 Å². The number of hydrogen-bond acceptors (Lipinski definition) is 5. The highest BCUT2D eigenvalue weighted by molar-refractivity contribution is 7.89. The van der Waals surface area contributed by atoms with E-state index in [1.807, 2.05) is 25.1 Å². The smallest absolute Gasteiger partial charge is 0.267 e. The fourth-order valence-corrected chi connectivity index (χ4v) is 2.65. The van der Waals surface area contributed by atoms with Crippen molar-refractivity contribution in [2.75, 3.05) is 5.32 Å². The Balaban J connectivity index is 1.99. The minimum Gasteiger partial charge on any atom is -0.386 e. The molecule has 0 saturated carbocycles. The second-order valence-corrected chi connectivity index (χ2v) is 7.12. The van der Waals surface area contributed by atoms with E-state index < -0.39 is 15.9 Å². The van der Waals surface area contributed by atoms with E-state index in [1.54, 1.807) is 24.3 Å². The maximum Gasteiger partial charge on any atom is 0.267 e. The summed E-state index contributed by atoms with van der Waals surface area (Å²) in [6.07, 6.45) is 1.32. The molecule has 4 N–H and O–H groups in total. The van der Waals surface area contributed by atoms with E-state index in [9.17, 15) is 13.2 Å². The standard InChI is InChI=1S/C18H18N4O3S/c1-13-3-2-4-16(9-13)22-18(23)15(10-19)12-21-11-14-5-7-17(8-6-14)26(20,24)25/h2-9,12,21H,11H2,1H3,(H,22,23)(H2,20,24,25)/b15-12-. The van der Waals surface area contributed by atoms with Crippen molar-refractivity contribution >= 4 is 21.6 Å². The van der Waals surface area contributed by atoms with E-state index in [2.05, 4.69) is 10.6 Å². The van der Waals surface area contributed by atoms with E-state index >= 15 is 0 Å². The monoisotopic (exact) mass is 370 g/mol. The molecule has 8 heteroatoms. The van der Waals surface area contributed by atoms with Crippen LogP contribution in [-0.4, -0.2) is 14.3 Å². The van der Waals surface area contributed by atoms with Gasteiger partial charge in [0.1, 0.15) is 11.6 Å². The van der Waals surface area contributed by atoms with Gasteiger partial charge in [-0.2, -0.15) is 5.26 Å². The molecule has 0 spiro atoms. The lowest BCUT2D eigenvalue weighted by Gasteiger charge is -2.06. The summed E-state index contributed by atoms with van der Waals surface area (Å²) in [6.45, 7) is 2.22. The third-order valence-electron chi connectivity index (χ3n) is 3.45. The molecular weight excluding hydrogens is 352 g/mol. The summed E-state index contributed by atoms with van der Waals surface area (Å²) in [5.41, 5.74) is 2.29. The van der Waals surface area contributed by atoms with Crippen molar-refractivity contribution in [2.24, 2.45) is 5.14 Å². The molecular formula is C18H18N4O3S. The number of nitriles is 1. The number of primary sulfonamides is 1. The molecule has 0 aliphatic rings. The zero-order valence-electron chi connectivity index (χ0n) is 14.1. The first-order chi connectivity index (χ1) is 12.3. The maximum absolute atomic E-state index is 12.1. The van der Waals surface area contributed by atoms with Crippen LogP contribution >= 0.6 is 0 Å². The Kier molecular flexibility index (Phi) is 6.11. The van der Waals surface area contributed by atoms with Gasteiger partial charge in [0.05, 0.1) is 4.90 Å². The number of rotatable bonds is 6. The van der Waals surface area contributed by atoms with Crippen LogP contribution in [0.1, 0.15) is 11.1 Å². The van der Waals surface area contributed by atoms with E-state index in [0.29, 0.717) is 12.2 Å². The van der Waals surface area contributed by atoms with E-state index in [-0.39, 0.29) is 10.5 Å². The molecule has 0 bridgehead atoms. The van der Waals surface area contributed by atoms with Crippen LogP contribution in [-0.2, 0) is 21.4 Å². The molecule has 134 valence electrons. The fraction of sp³-hybridized carbons (Fsp3) is 0.111. The summed E-state index contributed by atoms with van der Waals surface area (Å²) in [5, 5.41) is 19.7. The normalized spacial score (nSPS) is 11.5. The van der Waals surface area contributed by atoms with Gasteiger partial charge in [-0.1, -0.05) is 24.3 Å². The van der Waals surface area contributed by atoms with Crippen molar-refractivity contribution in [1.29, 1.82) is 5.26 Å². The molecule has 1 amide bonds. The van der Waals surface area contributed by atoms with Gasteiger partial charge in [0.15, 0.2) is 0 Å². The first-order valence-corrected chi connectivity index (χ1v) is 9.17. The average Bonchev–Trinajstić information content (AvgIpc) is 2.58. The van der Waals surface area contributed by atoms with Gasteiger partial charge in [0, 0.05) is 18.4 Å². The number of benzene rings is 2. The van der Waals surface area contributed by atoms with E-state index in [4.69, 9.17) is 10.4 Å². The summed E-state index contributed by atoms with van der Waals surface area (Å²) >= 11 is 0. The van der Waals surface area contributed by atoms with Crippen LogP contribution < -0.4 is 15.8 Å². The Morgan fingerprint density at radius 2 is 1.92 bits per heavy atom. The van der Waals surface area contributed by atoms with Crippen LogP contribution in [0.25, 0.3) is 0 Å². The molecule has 0 fully saturated rings. The van der Waals surface area contributed by atoms with Crippen molar-refractivity contribution in [3.63, 3.8) is 0 Å². The molecule has 0 aromatic heterocycles. The van der Waals surface area contributed by atoms with Gasteiger partial charge >= 0.3 is 0 Å². The summed E-state index contributed by atoms with van der Waals surface area (Å²) in [7, 11) is -3.73. The van der Waals surface area contributed by atoms with Gasteiger partial charge in [-0.25, -0.2) is 13.6 Å². The van der Waals surface area contributed by atoms with Gasteiger partial charge in [0.2, 0.25) is 10.0 Å². The summed E-state index contributed by atoms with van der Waals surface area (Å²) in [5.74, 6) is -0.518. The van der Waals surface area contributed by atoms with Crippen LogP contribution in [0.5, 0.6) is 0 Å². The van der Waals surface area contributed by atoms with Crippen LogP contribution in [0, 0.1) is 18.3 Å². The predicted molar refractivity (Wildman–Crippen MR) is 98.2 cm³/mol. The molecule has 0 aliphatic carbocycles. The number of amides is 1. The number of hydrogen-bond donors (Lipinski definition) is 3. The lowest BCUT2D eigenvalue weighted by atomic mass is 10.2. The zero-order chi connectivity index (χ0) is 19.2. The van der Waals surface area contributed by atoms with Gasteiger partial charge in [-0.15, -0.1) is 0 Å². The Morgan fingerprint density at radius 3 is 2.50 bits per heavy atom. The molecule has 0 heterocycles.